The van der Waals surface area contributed by atoms with Gasteiger partial charge in [0.1, 0.15) is 0 Å². The lowest BCUT2D eigenvalue weighted by Crippen LogP contribution is -2.31. The Labute approximate surface area is 300 Å². The van der Waals surface area contributed by atoms with Gasteiger partial charge in [0.15, 0.2) is 0 Å². The molecule has 8 aromatic rings. The van der Waals surface area contributed by atoms with Gasteiger partial charge < -0.3 is 9.80 Å². The van der Waals surface area contributed by atoms with E-state index in [0.29, 0.717) is 0 Å². The predicted octanol–water partition coefficient (Wildman–Crippen LogP) is 13.8. The molecule has 0 N–H and O–H groups in total. The summed E-state index contributed by atoms with van der Waals surface area (Å²) in [6.07, 6.45) is 0. The molecule has 0 saturated heterocycles. The third-order valence-corrected chi connectivity index (χ3v) is 10.4. The largest absolute Gasteiger partial charge is 0.310 e. The Balaban J connectivity index is 1.26. The summed E-state index contributed by atoms with van der Waals surface area (Å²) in [5, 5.41) is 2.45. The van der Waals surface area contributed by atoms with Crippen LogP contribution in [0.5, 0.6) is 0 Å². The third kappa shape index (κ3) is 5.28. The summed E-state index contributed by atoms with van der Waals surface area (Å²) in [7, 11) is 0. The van der Waals surface area contributed by atoms with Gasteiger partial charge in [0.25, 0.3) is 0 Å². The molecule has 0 aliphatic carbocycles. The van der Waals surface area contributed by atoms with Crippen LogP contribution in [0.2, 0.25) is 0 Å². The molecule has 0 saturated carbocycles. The van der Waals surface area contributed by atoms with E-state index in [1.807, 2.05) is 0 Å². The molecule has 0 atom stereocenters. The molecular formula is C49H38N2. The molecule has 0 spiro atoms. The van der Waals surface area contributed by atoms with Gasteiger partial charge in [-0.3, -0.25) is 0 Å². The fourth-order valence-corrected chi connectivity index (χ4v) is 7.88. The van der Waals surface area contributed by atoms with Gasteiger partial charge in [-0.1, -0.05) is 159 Å². The molecular weight excluding hydrogens is 617 g/mol. The van der Waals surface area contributed by atoms with E-state index in [0.717, 1.165) is 17.1 Å². The van der Waals surface area contributed by atoms with Crippen LogP contribution >= 0.6 is 0 Å². The molecule has 244 valence electrons. The molecule has 1 aliphatic heterocycles. The van der Waals surface area contributed by atoms with Gasteiger partial charge in [-0.2, -0.15) is 0 Å². The Hall–Kier alpha value is -6.38. The molecule has 2 heteroatoms. The van der Waals surface area contributed by atoms with Crippen molar-refractivity contribution in [3.63, 3.8) is 0 Å². The average molecular weight is 655 g/mol. The van der Waals surface area contributed by atoms with E-state index < -0.39 is 0 Å². The highest BCUT2D eigenvalue weighted by atomic mass is 15.2. The zero-order chi connectivity index (χ0) is 34.4. The fraction of sp³-hybridized carbons (Fsp3) is 0.0612. The van der Waals surface area contributed by atoms with Crippen molar-refractivity contribution in [3.05, 3.63) is 205 Å². The number of fused-ring (bicyclic) bond motifs is 3. The first kappa shape index (κ1) is 30.7. The van der Waals surface area contributed by atoms with Crippen LogP contribution in [-0.2, 0) is 5.41 Å². The van der Waals surface area contributed by atoms with Crippen molar-refractivity contribution in [2.75, 3.05) is 9.80 Å². The van der Waals surface area contributed by atoms with Crippen LogP contribution in [0, 0.1) is 0 Å². The van der Waals surface area contributed by atoms with Crippen LogP contribution in [0.4, 0.5) is 34.1 Å². The Bertz CT molecular complexity index is 2480. The summed E-state index contributed by atoms with van der Waals surface area (Å²) in [6.45, 7) is 4.74. The zero-order valence-corrected chi connectivity index (χ0v) is 28.9. The van der Waals surface area contributed by atoms with Crippen molar-refractivity contribution >= 4 is 44.9 Å². The molecule has 0 amide bonds. The summed E-state index contributed by atoms with van der Waals surface area (Å²) in [4.78, 5) is 4.90. The molecule has 1 heterocycles. The Kier molecular flexibility index (Phi) is 7.51. The van der Waals surface area contributed by atoms with Crippen LogP contribution in [0.25, 0.3) is 33.0 Å². The summed E-state index contributed by atoms with van der Waals surface area (Å²) in [5.41, 5.74) is 14.1. The summed E-state index contributed by atoms with van der Waals surface area (Å²) in [6, 6.07) is 70.3. The SMILES string of the molecule is CC1(C)c2ccccc2N(c2c(-c3ccccc3)ccc3ccccc23)c2ccc(N(c3ccccc3)c3ccc(-c4ccccc4)cc3)cc21. The summed E-state index contributed by atoms with van der Waals surface area (Å²) < 4.78 is 0. The molecule has 0 unspecified atom stereocenters. The molecule has 8 aromatic carbocycles. The second-order valence-corrected chi connectivity index (χ2v) is 13.8. The lowest BCUT2D eigenvalue weighted by atomic mass is 9.73. The highest BCUT2D eigenvalue weighted by Crippen LogP contribution is 2.56. The lowest BCUT2D eigenvalue weighted by Gasteiger charge is -2.43. The van der Waals surface area contributed by atoms with Gasteiger partial charge in [-0.15, -0.1) is 0 Å². The Morgan fingerprint density at radius 1 is 0.412 bits per heavy atom. The van der Waals surface area contributed by atoms with E-state index in [1.54, 1.807) is 0 Å². The van der Waals surface area contributed by atoms with Gasteiger partial charge >= 0.3 is 0 Å². The molecule has 9 rings (SSSR count). The molecule has 1 aliphatic rings. The van der Waals surface area contributed by atoms with E-state index in [-0.39, 0.29) is 5.41 Å². The maximum absolute atomic E-state index is 2.52. The standard InChI is InChI=1S/C49H38N2/c1-49(2)44-24-14-15-25-46(44)51(48-42-23-13-12-20-38(42)28-32-43(48)37-18-8-4-9-19-37)47-33-31-41(34-45(47)49)50(39-21-10-5-11-22-39)40-29-26-36(27-30-40)35-16-6-3-7-17-35/h3-34H,1-2H3. The summed E-state index contributed by atoms with van der Waals surface area (Å²) in [5.74, 6) is 0. The molecule has 0 radical (unpaired) electrons. The number of nitrogens with zero attached hydrogens (tertiary/aromatic N) is 2. The monoisotopic (exact) mass is 654 g/mol. The Morgan fingerprint density at radius 2 is 0.961 bits per heavy atom. The van der Waals surface area contributed by atoms with Crippen LogP contribution in [0.3, 0.4) is 0 Å². The molecule has 0 aromatic heterocycles. The van der Waals surface area contributed by atoms with E-state index >= 15 is 0 Å². The minimum Gasteiger partial charge on any atom is -0.310 e. The van der Waals surface area contributed by atoms with Gasteiger partial charge in [0.05, 0.1) is 17.1 Å². The number of anilines is 6. The van der Waals surface area contributed by atoms with Crippen LogP contribution in [-0.4, -0.2) is 0 Å². The topological polar surface area (TPSA) is 6.48 Å². The van der Waals surface area contributed by atoms with Crippen LogP contribution < -0.4 is 9.80 Å². The third-order valence-electron chi connectivity index (χ3n) is 10.4. The van der Waals surface area contributed by atoms with Crippen molar-refractivity contribution in [1.82, 2.24) is 0 Å². The van der Waals surface area contributed by atoms with E-state index in [2.05, 4.69) is 218 Å². The fourth-order valence-electron chi connectivity index (χ4n) is 7.88. The maximum atomic E-state index is 2.52. The summed E-state index contributed by atoms with van der Waals surface area (Å²) >= 11 is 0. The van der Waals surface area contributed by atoms with E-state index in [9.17, 15) is 0 Å². The van der Waals surface area contributed by atoms with Crippen molar-refractivity contribution in [1.29, 1.82) is 0 Å². The van der Waals surface area contributed by atoms with E-state index in [4.69, 9.17) is 0 Å². The number of hydrogen-bond donors (Lipinski definition) is 0. The second-order valence-electron chi connectivity index (χ2n) is 13.8. The first-order valence-electron chi connectivity index (χ1n) is 17.7. The quantitative estimate of drug-likeness (QED) is 0.176. The van der Waals surface area contributed by atoms with Crippen LogP contribution in [0.1, 0.15) is 25.0 Å². The zero-order valence-electron chi connectivity index (χ0n) is 28.9. The number of para-hydroxylation sites is 2. The van der Waals surface area contributed by atoms with Gasteiger partial charge in [-0.05, 0) is 81.7 Å². The predicted molar refractivity (Wildman–Crippen MR) is 216 cm³/mol. The average Bonchev–Trinajstić information content (AvgIpc) is 3.20. The van der Waals surface area contributed by atoms with Crippen molar-refractivity contribution in [3.8, 4) is 22.3 Å². The minimum absolute atomic E-state index is 0.255. The second kappa shape index (κ2) is 12.5. The molecule has 2 nitrogen and oxygen atoms in total. The Morgan fingerprint density at radius 3 is 1.71 bits per heavy atom. The molecule has 51 heavy (non-hydrogen) atoms. The van der Waals surface area contributed by atoms with E-state index in [1.165, 1.54) is 61.2 Å². The van der Waals surface area contributed by atoms with Crippen molar-refractivity contribution in [2.24, 2.45) is 0 Å². The number of benzene rings is 8. The number of rotatable bonds is 6. The maximum Gasteiger partial charge on any atom is 0.0618 e. The normalized spacial score (nSPS) is 13.0. The van der Waals surface area contributed by atoms with Crippen LogP contribution in [0.15, 0.2) is 194 Å². The van der Waals surface area contributed by atoms with Crippen molar-refractivity contribution in [2.45, 2.75) is 19.3 Å². The van der Waals surface area contributed by atoms with Gasteiger partial charge in [0, 0.05) is 33.4 Å². The van der Waals surface area contributed by atoms with Gasteiger partial charge in [0.2, 0.25) is 0 Å². The molecule has 0 fully saturated rings. The first-order valence-corrected chi connectivity index (χ1v) is 17.7. The van der Waals surface area contributed by atoms with Crippen molar-refractivity contribution < 1.29 is 0 Å². The van der Waals surface area contributed by atoms with Gasteiger partial charge in [-0.25, -0.2) is 0 Å². The highest BCUT2D eigenvalue weighted by molar-refractivity contribution is 6.07. The number of hydrogen-bond acceptors (Lipinski definition) is 2. The lowest BCUT2D eigenvalue weighted by molar-refractivity contribution is 0.632. The molecule has 0 bridgehead atoms. The first-order chi connectivity index (χ1) is 25.1. The minimum atomic E-state index is -0.255. The smallest absolute Gasteiger partial charge is 0.0618 e. The highest BCUT2D eigenvalue weighted by Gasteiger charge is 2.38.